The number of phenolic OH excluding ortho intramolecular Hbond substituents is 2. The van der Waals surface area contributed by atoms with Crippen molar-refractivity contribution in [3.8, 4) is 28.7 Å². The van der Waals surface area contributed by atoms with Crippen molar-refractivity contribution in [3.63, 3.8) is 0 Å². The number of aromatic nitrogens is 1. The van der Waals surface area contributed by atoms with Gasteiger partial charge in [-0.1, -0.05) is 12.1 Å². The fraction of sp³-hybridized carbons (Fsp3) is 0.0909. The van der Waals surface area contributed by atoms with E-state index in [1.807, 2.05) is 25.1 Å². The molecule has 0 unspecified atom stereocenters. The Labute approximate surface area is 161 Å². The first-order valence-electron chi connectivity index (χ1n) is 8.66. The van der Waals surface area contributed by atoms with Crippen molar-refractivity contribution in [1.29, 1.82) is 0 Å². The van der Waals surface area contributed by atoms with Gasteiger partial charge in [0, 0.05) is 17.8 Å². The van der Waals surface area contributed by atoms with Crippen LogP contribution in [0.2, 0.25) is 0 Å². The maximum Gasteiger partial charge on any atom is 0.231 e. The number of para-hydroxylation sites is 1. The molecule has 140 valence electrons. The average Bonchev–Trinajstić information content (AvgIpc) is 3.10. The zero-order valence-electron chi connectivity index (χ0n) is 15.4. The molecule has 0 fully saturated rings. The molecule has 0 aliphatic heterocycles. The molecule has 2 N–H and O–H groups in total. The summed E-state index contributed by atoms with van der Waals surface area (Å²) < 4.78 is 10.9. The number of methoxy groups -OCH3 is 1. The van der Waals surface area contributed by atoms with Crippen molar-refractivity contribution in [2.45, 2.75) is 6.92 Å². The molecule has 1 heterocycles. The van der Waals surface area contributed by atoms with E-state index < -0.39 is 0 Å². The molecule has 4 rings (SSSR count). The van der Waals surface area contributed by atoms with Gasteiger partial charge in [0.05, 0.1) is 18.4 Å². The fourth-order valence-corrected chi connectivity index (χ4v) is 2.88. The summed E-state index contributed by atoms with van der Waals surface area (Å²) in [6.45, 7) is 1.98. The fourth-order valence-electron chi connectivity index (χ4n) is 2.88. The number of ether oxygens (including phenoxy) is 1. The summed E-state index contributed by atoms with van der Waals surface area (Å²) in [6, 6.07) is 15.8. The van der Waals surface area contributed by atoms with Crippen LogP contribution in [0.25, 0.3) is 22.6 Å². The predicted octanol–water partition coefficient (Wildman–Crippen LogP) is 4.97. The molecule has 0 spiro atoms. The minimum absolute atomic E-state index is 0.00722. The van der Waals surface area contributed by atoms with E-state index in [0.29, 0.717) is 34.0 Å². The van der Waals surface area contributed by atoms with Gasteiger partial charge in [-0.25, -0.2) is 4.98 Å². The second-order valence-electron chi connectivity index (χ2n) is 6.35. The van der Waals surface area contributed by atoms with Gasteiger partial charge in [-0.2, -0.15) is 0 Å². The van der Waals surface area contributed by atoms with E-state index in [0.717, 1.165) is 11.1 Å². The molecule has 0 aliphatic rings. The normalized spacial score (nSPS) is 11.4. The first-order valence-corrected chi connectivity index (χ1v) is 8.66. The second kappa shape index (κ2) is 7.08. The van der Waals surface area contributed by atoms with Crippen LogP contribution in [0.1, 0.15) is 11.1 Å². The monoisotopic (exact) mass is 374 g/mol. The van der Waals surface area contributed by atoms with Gasteiger partial charge >= 0.3 is 0 Å². The lowest BCUT2D eigenvalue weighted by Gasteiger charge is -2.05. The van der Waals surface area contributed by atoms with E-state index in [2.05, 4.69) is 9.98 Å². The van der Waals surface area contributed by atoms with Crippen LogP contribution in [0.4, 0.5) is 5.69 Å². The molecule has 6 heteroatoms. The summed E-state index contributed by atoms with van der Waals surface area (Å²) in [7, 11) is 1.49. The first kappa shape index (κ1) is 17.6. The summed E-state index contributed by atoms with van der Waals surface area (Å²) in [6.07, 6.45) is 1.51. The Balaban J connectivity index is 1.64. The number of hydrogen-bond donors (Lipinski definition) is 2. The number of nitrogens with zero attached hydrogens (tertiary/aromatic N) is 2. The Hall–Kier alpha value is -3.80. The smallest absolute Gasteiger partial charge is 0.231 e. The SMILES string of the molecule is COc1cccc(C=Nc2ccc(-c3nc4ccc(C)cc4o3)c(O)c2)c1O. The number of fused-ring (bicyclic) bond motifs is 1. The van der Waals surface area contributed by atoms with Gasteiger partial charge in [-0.05, 0) is 48.9 Å². The highest BCUT2D eigenvalue weighted by Gasteiger charge is 2.13. The summed E-state index contributed by atoms with van der Waals surface area (Å²) in [4.78, 5) is 8.74. The van der Waals surface area contributed by atoms with E-state index in [1.54, 1.807) is 30.3 Å². The number of benzene rings is 3. The van der Waals surface area contributed by atoms with Crippen LogP contribution < -0.4 is 4.74 Å². The van der Waals surface area contributed by atoms with Gasteiger partial charge in [0.1, 0.15) is 11.3 Å². The van der Waals surface area contributed by atoms with Gasteiger partial charge in [-0.3, -0.25) is 4.99 Å². The number of aliphatic imine (C=N–C) groups is 1. The number of aryl methyl sites for hydroxylation is 1. The number of oxazole rings is 1. The molecule has 0 saturated carbocycles. The topological polar surface area (TPSA) is 88.1 Å². The van der Waals surface area contributed by atoms with E-state index in [9.17, 15) is 10.2 Å². The molecule has 1 aromatic heterocycles. The maximum absolute atomic E-state index is 10.4. The second-order valence-corrected chi connectivity index (χ2v) is 6.35. The molecule has 28 heavy (non-hydrogen) atoms. The van der Waals surface area contributed by atoms with Crippen molar-refractivity contribution in [1.82, 2.24) is 4.98 Å². The number of phenols is 2. The van der Waals surface area contributed by atoms with Crippen LogP contribution in [0, 0.1) is 6.92 Å². The van der Waals surface area contributed by atoms with Crippen molar-refractivity contribution in [2.75, 3.05) is 7.11 Å². The summed E-state index contributed by atoms with van der Waals surface area (Å²) in [5.41, 5.74) is 4.00. The van der Waals surface area contributed by atoms with Crippen molar-refractivity contribution in [2.24, 2.45) is 4.99 Å². The molecule has 0 atom stereocenters. The summed E-state index contributed by atoms with van der Waals surface area (Å²) in [5.74, 6) is 0.733. The third-order valence-corrected chi connectivity index (χ3v) is 4.36. The lowest BCUT2D eigenvalue weighted by atomic mass is 10.1. The first-order chi connectivity index (χ1) is 13.5. The number of hydrogen-bond acceptors (Lipinski definition) is 6. The zero-order chi connectivity index (χ0) is 19.7. The van der Waals surface area contributed by atoms with E-state index in [4.69, 9.17) is 9.15 Å². The lowest BCUT2D eigenvalue weighted by Crippen LogP contribution is -1.88. The Morgan fingerprint density at radius 3 is 2.71 bits per heavy atom. The Morgan fingerprint density at radius 1 is 1.07 bits per heavy atom. The minimum atomic E-state index is 0.00722. The minimum Gasteiger partial charge on any atom is -0.507 e. The predicted molar refractivity (Wildman–Crippen MR) is 108 cm³/mol. The summed E-state index contributed by atoms with van der Waals surface area (Å²) >= 11 is 0. The van der Waals surface area contributed by atoms with Gasteiger partial charge in [0.15, 0.2) is 17.1 Å². The highest BCUT2D eigenvalue weighted by Crippen LogP contribution is 2.34. The summed E-state index contributed by atoms with van der Waals surface area (Å²) in [5, 5.41) is 20.5. The third-order valence-electron chi connectivity index (χ3n) is 4.36. The molecule has 0 saturated heterocycles. The number of aromatic hydroxyl groups is 2. The van der Waals surface area contributed by atoms with Crippen molar-refractivity contribution >= 4 is 23.0 Å². The van der Waals surface area contributed by atoms with Crippen molar-refractivity contribution < 1.29 is 19.4 Å². The van der Waals surface area contributed by atoms with Crippen LogP contribution in [0.5, 0.6) is 17.2 Å². The van der Waals surface area contributed by atoms with E-state index >= 15 is 0 Å². The largest absolute Gasteiger partial charge is 0.507 e. The molecule has 0 aliphatic carbocycles. The zero-order valence-corrected chi connectivity index (χ0v) is 15.4. The van der Waals surface area contributed by atoms with Crippen molar-refractivity contribution in [3.05, 3.63) is 65.7 Å². The highest BCUT2D eigenvalue weighted by molar-refractivity contribution is 5.87. The molecular formula is C22H18N2O4. The number of rotatable bonds is 4. The van der Waals surface area contributed by atoms with Gasteiger partial charge in [0.2, 0.25) is 5.89 Å². The van der Waals surface area contributed by atoms with Gasteiger partial charge in [0.25, 0.3) is 0 Å². The van der Waals surface area contributed by atoms with Crippen LogP contribution in [0.3, 0.4) is 0 Å². The van der Waals surface area contributed by atoms with E-state index in [1.165, 1.54) is 19.4 Å². The molecule has 0 amide bonds. The van der Waals surface area contributed by atoms with Gasteiger partial charge in [-0.15, -0.1) is 0 Å². The molecule has 6 nitrogen and oxygen atoms in total. The lowest BCUT2D eigenvalue weighted by molar-refractivity contribution is 0.373. The molecule has 4 aromatic rings. The third kappa shape index (κ3) is 3.27. The molecular weight excluding hydrogens is 356 g/mol. The maximum atomic E-state index is 10.4. The quantitative estimate of drug-likeness (QED) is 0.492. The molecule has 3 aromatic carbocycles. The van der Waals surface area contributed by atoms with E-state index in [-0.39, 0.29) is 11.5 Å². The Morgan fingerprint density at radius 2 is 1.93 bits per heavy atom. The van der Waals surface area contributed by atoms with Crippen LogP contribution in [-0.4, -0.2) is 28.5 Å². The average molecular weight is 374 g/mol. The standard InChI is InChI=1S/C22H18N2O4/c1-13-6-9-17-20(10-13)28-22(24-17)16-8-7-15(11-18(16)25)23-12-14-4-3-5-19(27-2)21(14)26/h3-12,25-26H,1-2H3. The highest BCUT2D eigenvalue weighted by atomic mass is 16.5. The molecule has 0 radical (unpaired) electrons. The Bertz CT molecular complexity index is 1190. The van der Waals surface area contributed by atoms with Crippen LogP contribution in [-0.2, 0) is 0 Å². The Kier molecular flexibility index (Phi) is 4.45. The van der Waals surface area contributed by atoms with Crippen LogP contribution in [0.15, 0.2) is 64.0 Å². The van der Waals surface area contributed by atoms with Crippen LogP contribution >= 0.6 is 0 Å². The molecule has 0 bridgehead atoms. The van der Waals surface area contributed by atoms with Gasteiger partial charge < -0.3 is 19.4 Å².